The summed E-state index contributed by atoms with van der Waals surface area (Å²) in [6.07, 6.45) is 5.17. The smallest absolute Gasteiger partial charge is 0.294 e. The Morgan fingerprint density at radius 3 is 2.72 bits per heavy atom. The van der Waals surface area contributed by atoms with Gasteiger partial charge < -0.3 is 14.8 Å². The van der Waals surface area contributed by atoms with Gasteiger partial charge in [0.15, 0.2) is 5.82 Å². The van der Waals surface area contributed by atoms with Crippen molar-refractivity contribution in [2.75, 3.05) is 23.3 Å². The molecule has 7 heteroatoms. The number of pyridine rings is 1. The van der Waals surface area contributed by atoms with Crippen LogP contribution in [0.1, 0.15) is 31.2 Å². The van der Waals surface area contributed by atoms with E-state index in [1.54, 1.807) is 10.8 Å². The summed E-state index contributed by atoms with van der Waals surface area (Å²) in [4.78, 5) is 36.5. The third kappa shape index (κ3) is 4.29. The number of carbonyl (C=O) groups is 1. The average molecular weight is 391 g/mol. The van der Waals surface area contributed by atoms with Gasteiger partial charge in [-0.3, -0.25) is 9.59 Å². The zero-order valence-corrected chi connectivity index (χ0v) is 16.6. The van der Waals surface area contributed by atoms with Crippen LogP contribution in [-0.4, -0.2) is 33.5 Å². The molecule has 1 N–H and O–H groups in total. The van der Waals surface area contributed by atoms with E-state index in [0.717, 1.165) is 42.5 Å². The van der Waals surface area contributed by atoms with E-state index < -0.39 is 0 Å². The number of hydrogen-bond donors (Lipinski definition) is 1. The fourth-order valence-corrected chi connectivity index (χ4v) is 3.74. The van der Waals surface area contributed by atoms with Crippen LogP contribution in [0.4, 0.5) is 11.6 Å². The number of para-hydroxylation sites is 2. The topological polar surface area (TPSA) is 80.1 Å². The minimum Gasteiger partial charge on any atom is -0.352 e. The van der Waals surface area contributed by atoms with E-state index in [9.17, 15) is 9.59 Å². The Balaban J connectivity index is 1.59. The molecule has 1 saturated heterocycles. The van der Waals surface area contributed by atoms with E-state index in [2.05, 4.69) is 20.2 Å². The molecule has 0 atom stereocenters. The summed E-state index contributed by atoms with van der Waals surface area (Å²) in [7, 11) is 0. The normalized spacial score (nSPS) is 14.2. The van der Waals surface area contributed by atoms with Gasteiger partial charge in [0.2, 0.25) is 5.91 Å². The van der Waals surface area contributed by atoms with Gasteiger partial charge in [0.25, 0.3) is 5.56 Å². The largest absolute Gasteiger partial charge is 0.352 e. The van der Waals surface area contributed by atoms with Crippen LogP contribution in [0.5, 0.6) is 0 Å². The molecule has 0 saturated carbocycles. The average Bonchev–Trinajstić information content (AvgIpc) is 2.73. The summed E-state index contributed by atoms with van der Waals surface area (Å²) in [5, 5.41) is 2.81. The SMILES string of the molecule is Cc1ccnc(NC(=O)CCn2c(=O)c(N3CCCCC3)nc3ccccc32)c1. The number of fused-ring (bicyclic) bond motifs is 1. The van der Waals surface area contributed by atoms with E-state index in [1.165, 1.54) is 6.42 Å². The van der Waals surface area contributed by atoms with Gasteiger partial charge in [-0.2, -0.15) is 0 Å². The molecule has 1 amide bonds. The number of aryl methyl sites for hydroxylation is 2. The standard InChI is InChI=1S/C22H25N5O2/c1-16-9-11-23-19(15-16)25-20(28)10-14-27-18-8-4-3-7-17(18)24-21(22(27)29)26-12-5-2-6-13-26/h3-4,7-9,11,15H,2,5-6,10,12-14H2,1H3,(H,23,25,28). The number of piperidine rings is 1. The Bertz CT molecular complexity index is 1090. The Morgan fingerprint density at radius 2 is 1.93 bits per heavy atom. The van der Waals surface area contributed by atoms with Gasteiger partial charge in [0, 0.05) is 32.3 Å². The maximum atomic E-state index is 13.2. The number of nitrogens with one attached hydrogen (secondary N) is 1. The summed E-state index contributed by atoms with van der Waals surface area (Å²) < 4.78 is 1.68. The lowest BCUT2D eigenvalue weighted by Crippen LogP contribution is -2.37. The monoisotopic (exact) mass is 391 g/mol. The summed E-state index contributed by atoms with van der Waals surface area (Å²) >= 11 is 0. The number of aromatic nitrogens is 3. The zero-order valence-electron chi connectivity index (χ0n) is 16.6. The summed E-state index contributed by atoms with van der Waals surface area (Å²) in [6, 6.07) is 11.3. The molecule has 1 fully saturated rings. The molecular formula is C22H25N5O2. The number of amides is 1. The molecule has 29 heavy (non-hydrogen) atoms. The molecule has 7 nitrogen and oxygen atoms in total. The van der Waals surface area contributed by atoms with Gasteiger partial charge >= 0.3 is 0 Å². The lowest BCUT2D eigenvalue weighted by molar-refractivity contribution is -0.116. The Hall–Kier alpha value is -3.22. The molecule has 3 heterocycles. The lowest BCUT2D eigenvalue weighted by Gasteiger charge is -2.27. The summed E-state index contributed by atoms with van der Waals surface area (Å²) in [5.74, 6) is 0.843. The molecule has 0 spiro atoms. The van der Waals surface area contributed by atoms with E-state index in [1.807, 2.05) is 43.3 Å². The molecule has 0 unspecified atom stereocenters. The molecule has 0 bridgehead atoms. The summed E-state index contributed by atoms with van der Waals surface area (Å²) in [6.45, 7) is 3.93. The molecule has 0 radical (unpaired) electrons. The van der Waals surface area contributed by atoms with Crippen molar-refractivity contribution in [1.82, 2.24) is 14.5 Å². The van der Waals surface area contributed by atoms with Gasteiger partial charge in [-0.25, -0.2) is 9.97 Å². The van der Waals surface area contributed by atoms with Crippen molar-refractivity contribution in [2.24, 2.45) is 0 Å². The van der Waals surface area contributed by atoms with E-state index in [4.69, 9.17) is 0 Å². The number of anilines is 2. The molecule has 1 aliphatic heterocycles. The highest BCUT2D eigenvalue weighted by Gasteiger charge is 2.19. The first-order valence-corrected chi connectivity index (χ1v) is 10.1. The number of benzene rings is 1. The van der Waals surface area contributed by atoms with Crippen molar-refractivity contribution < 1.29 is 4.79 Å². The number of nitrogens with zero attached hydrogens (tertiary/aromatic N) is 4. The van der Waals surface area contributed by atoms with Gasteiger partial charge in [-0.05, 0) is 56.0 Å². The second-order valence-corrected chi connectivity index (χ2v) is 7.45. The van der Waals surface area contributed by atoms with E-state index in [-0.39, 0.29) is 17.9 Å². The fourth-order valence-electron chi connectivity index (χ4n) is 3.74. The third-order valence-electron chi connectivity index (χ3n) is 5.24. The predicted octanol–water partition coefficient (Wildman–Crippen LogP) is 3.12. The number of hydrogen-bond acceptors (Lipinski definition) is 5. The first kappa shape index (κ1) is 19.1. The minimum absolute atomic E-state index is 0.132. The minimum atomic E-state index is -0.171. The van der Waals surface area contributed by atoms with Crippen LogP contribution in [0.15, 0.2) is 47.4 Å². The van der Waals surface area contributed by atoms with Crippen molar-refractivity contribution in [3.8, 4) is 0 Å². The fraction of sp³-hybridized carbons (Fsp3) is 0.364. The molecule has 0 aliphatic carbocycles. The summed E-state index contributed by atoms with van der Waals surface area (Å²) in [5.41, 5.74) is 2.41. The lowest BCUT2D eigenvalue weighted by atomic mass is 10.1. The van der Waals surface area contributed by atoms with Crippen LogP contribution in [0.25, 0.3) is 11.0 Å². The Labute approximate surface area is 169 Å². The third-order valence-corrected chi connectivity index (χ3v) is 5.24. The van der Waals surface area contributed by atoms with E-state index in [0.29, 0.717) is 18.2 Å². The van der Waals surface area contributed by atoms with Crippen LogP contribution < -0.4 is 15.8 Å². The van der Waals surface area contributed by atoms with Crippen LogP contribution in [0.3, 0.4) is 0 Å². The van der Waals surface area contributed by atoms with Crippen LogP contribution in [0, 0.1) is 6.92 Å². The maximum absolute atomic E-state index is 13.2. The van der Waals surface area contributed by atoms with Gasteiger partial charge in [0.1, 0.15) is 5.82 Å². The molecule has 4 rings (SSSR count). The predicted molar refractivity (Wildman–Crippen MR) is 114 cm³/mol. The zero-order chi connectivity index (χ0) is 20.2. The second-order valence-electron chi connectivity index (χ2n) is 7.45. The molecule has 1 aliphatic rings. The van der Waals surface area contributed by atoms with Crippen molar-refractivity contribution in [3.63, 3.8) is 0 Å². The quantitative estimate of drug-likeness (QED) is 0.723. The highest BCUT2D eigenvalue weighted by Crippen LogP contribution is 2.18. The molecule has 1 aromatic carbocycles. The van der Waals surface area contributed by atoms with Crippen molar-refractivity contribution in [2.45, 2.75) is 39.2 Å². The first-order valence-electron chi connectivity index (χ1n) is 10.1. The van der Waals surface area contributed by atoms with Crippen LogP contribution in [0.2, 0.25) is 0 Å². The van der Waals surface area contributed by atoms with Gasteiger partial charge in [-0.15, -0.1) is 0 Å². The Kier molecular flexibility index (Phi) is 5.55. The van der Waals surface area contributed by atoms with Crippen molar-refractivity contribution in [1.29, 1.82) is 0 Å². The highest BCUT2D eigenvalue weighted by molar-refractivity contribution is 5.89. The second kappa shape index (κ2) is 8.43. The van der Waals surface area contributed by atoms with Crippen LogP contribution >= 0.6 is 0 Å². The number of rotatable bonds is 5. The van der Waals surface area contributed by atoms with Gasteiger partial charge in [0.05, 0.1) is 11.0 Å². The van der Waals surface area contributed by atoms with Crippen molar-refractivity contribution >= 4 is 28.6 Å². The first-order chi connectivity index (χ1) is 14.1. The van der Waals surface area contributed by atoms with Crippen molar-refractivity contribution in [3.05, 3.63) is 58.5 Å². The molecule has 150 valence electrons. The van der Waals surface area contributed by atoms with E-state index >= 15 is 0 Å². The molecule has 2 aromatic heterocycles. The Morgan fingerprint density at radius 1 is 1.14 bits per heavy atom. The molecule has 3 aromatic rings. The highest BCUT2D eigenvalue weighted by atomic mass is 16.2. The van der Waals surface area contributed by atoms with Gasteiger partial charge in [-0.1, -0.05) is 12.1 Å². The number of carbonyl (C=O) groups excluding carboxylic acids is 1. The van der Waals surface area contributed by atoms with Crippen LogP contribution in [-0.2, 0) is 11.3 Å². The maximum Gasteiger partial charge on any atom is 0.294 e. The molecular weight excluding hydrogens is 366 g/mol.